The van der Waals surface area contributed by atoms with Crippen molar-refractivity contribution in [3.05, 3.63) is 59.4 Å². The van der Waals surface area contributed by atoms with Crippen molar-refractivity contribution in [2.45, 2.75) is 50.5 Å². The van der Waals surface area contributed by atoms with E-state index in [2.05, 4.69) is 10.3 Å². The molecule has 1 aliphatic rings. The number of aromatic nitrogens is 1. The molecule has 3 rings (SSSR count). The SMILES string of the molecule is O=C(O)CN(CC(=O)Nc1cc(C(=O)O)cc(C(F)(F)F)c1)C1CCCC[C@@H]1N(CC(=O)O)Cc1ccccn1.[Fe+2].[OH3+]. The van der Waals surface area contributed by atoms with Gasteiger partial charge in [0.25, 0.3) is 0 Å². The molecule has 1 fully saturated rings. The first kappa shape index (κ1) is 36.5. The maximum absolute atomic E-state index is 13.3. The van der Waals surface area contributed by atoms with Gasteiger partial charge in [0.15, 0.2) is 0 Å². The monoisotopic (exact) mass is 641 g/mol. The van der Waals surface area contributed by atoms with Crippen molar-refractivity contribution in [3.63, 3.8) is 0 Å². The third-order valence-corrected chi connectivity index (χ3v) is 6.54. The third kappa shape index (κ3) is 10.7. The molecule has 0 radical (unpaired) electrons. The molecule has 1 amide bonds. The minimum absolute atomic E-state index is 0. The average molecular weight is 641 g/mol. The standard InChI is InChI=1S/C26H29F3N4O7.Fe.H2O/c27-26(28,29)17-9-16(25(39)40)10-19(11-17)31-22(34)13-33(15-24(37)38)21-7-2-1-6-20(21)32(14-23(35)36)12-18-5-3-4-8-30-18;;/h3-5,8-11,20-21H,1-2,6-7,12-15H2,(H,31,34)(H,35,36)(H,37,38)(H,39,40);;1H2/q;+2;/p+1/t20-,21?;;/m0../s1. The number of carboxylic acid groups (broad SMARTS) is 3. The molecule has 230 valence electrons. The molecular weight excluding hydrogens is 609 g/mol. The first-order valence-electron chi connectivity index (χ1n) is 12.4. The molecule has 0 spiro atoms. The number of aromatic carboxylic acids is 1. The van der Waals surface area contributed by atoms with Gasteiger partial charge in [-0.25, -0.2) is 4.79 Å². The Morgan fingerprint density at radius 1 is 0.905 bits per heavy atom. The molecule has 1 aliphatic carbocycles. The molecule has 0 aliphatic heterocycles. The Bertz CT molecular complexity index is 1240. The van der Waals surface area contributed by atoms with Crippen molar-refractivity contribution in [3.8, 4) is 0 Å². The predicted octanol–water partition coefficient (Wildman–Crippen LogP) is 2.10. The van der Waals surface area contributed by atoms with Crippen LogP contribution in [0.15, 0.2) is 42.6 Å². The average Bonchev–Trinajstić information content (AvgIpc) is 2.87. The number of carbonyl (C=O) groups is 4. The molecule has 1 aromatic carbocycles. The van der Waals surface area contributed by atoms with E-state index in [4.69, 9.17) is 0 Å². The number of pyridine rings is 1. The summed E-state index contributed by atoms with van der Waals surface area (Å²) in [5, 5.41) is 30.6. The molecule has 0 bridgehead atoms. The second kappa shape index (κ2) is 16.2. The van der Waals surface area contributed by atoms with Gasteiger partial charge in [-0.2, -0.15) is 13.2 Å². The summed E-state index contributed by atoms with van der Waals surface area (Å²) in [6.07, 6.45) is -0.879. The van der Waals surface area contributed by atoms with Crippen molar-refractivity contribution >= 4 is 29.5 Å². The number of nitrogens with zero attached hydrogens (tertiary/aromatic N) is 3. The summed E-state index contributed by atoms with van der Waals surface area (Å²) in [5.41, 5.74) is -1.75. The molecule has 7 N–H and O–H groups in total. The summed E-state index contributed by atoms with van der Waals surface area (Å²) in [5.74, 6) is -4.82. The van der Waals surface area contributed by atoms with Crippen LogP contribution in [0.2, 0.25) is 0 Å². The van der Waals surface area contributed by atoms with Gasteiger partial charge >= 0.3 is 41.2 Å². The van der Waals surface area contributed by atoms with Crippen molar-refractivity contribution in [2.75, 3.05) is 25.0 Å². The normalized spacial score (nSPS) is 16.7. The second-order valence-electron chi connectivity index (χ2n) is 9.49. The van der Waals surface area contributed by atoms with E-state index in [1.54, 1.807) is 29.3 Å². The van der Waals surface area contributed by atoms with E-state index in [1.807, 2.05) is 0 Å². The van der Waals surface area contributed by atoms with Crippen molar-refractivity contribution in [1.82, 2.24) is 14.8 Å². The number of aliphatic carboxylic acids is 2. The van der Waals surface area contributed by atoms with Gasteiger partial charge in [-0.05, 0) is 43.2 Å². The molecule has 1 heterocycles. The number of amides is 1. The van der Waals surface area contributed by atoms with Gasteiger partial charge in [0.1, 0.15) is 0 Å². The molecular formula is C26H32F3FeN4O8+3. The van der Waals surface area contributed by atoms with E-state index in [-0.39, 0.29) is 35.6 Å². The number of benzene rings is 1. The number of carbonyl (C=O) groups excluding carboxylic acids is 1. The molecule has 42 heavy (non-hydrogen) atoms. The summed E-state index contributed by atoms with van der Waals surface area (Å²) in [6, 6.07) is 6.10. The van der Waals surface area contributed by atoms with Crippen LogP contribution in [0.4, 0.5) is 18.9 Å². The number of hydrogen-bond donors (Lipinski definition) is 4. The number of alkyl halides is 3. The minimum Gasteiger partial charge on any atom is -0.480 e. The van der Waals surface area contributed by atoms with E-state index in [0.29, 0.717) is 37.1 Å². The van der Waals surface area contributed by atoms with Crippen LogP contribution in [-0.2, 0) is 49.6 Å². The van der Waals surface area contributed by atoms with Crippen LogP contribution in [0.5, 0.6) is 0 Å². The molecule has 1 saturated carbocycles. The van der Waals surface area contributed by atoms with Gasteiger partial charge in [0.2, 0.25) is 5.91 Å². The summed E-state index contributed by atoms with van der Waals surface area (Å²) in [7, 11) is 0. The molecule has 2 aromatic rings. The van der Waals surface area contributed by atoms with Crippen LogP contribution < -0.4 is 5.32 Å². The Hall–Kier alpha value is -3.56. The van der Waals surface area contributed by atoms with Crippen LogP contribution in [0.25, 0.3) is 0 Å². The summed E-state index contributed by atoms with van der Waals surface area (Å²) >= 11 is 0. The smallest absolute Gasteiger partial charge is 0.480 e. The van der Waals surface area contributed by atoms with E-state index in [9.17, 15) is 47.7 Å². The fraction of sp³-hybridized carbons (Fsp3) is 0.423. The Balaban J connectivity index is 0.00000441. The van der Waals surface area contributed by atoms with Gasteiger partial charge in [-0.15, -0.1) is 0 Å². The van der Waals surface area contributed by atoms with E-state index < -0.39 is 72.0 Å². The minimum atomic E-state index is -4.86. The van der Waals surface area contributed by atoms with E-state index in [0.717, 1.165) is 12.5 Å². The summed E-state index contributed by atoms with van der Waals surface area (Å²) in [6.45, 7) is -1.30. The van der Waals surface area contributed by atoms with Crippen LogP contribution in [0.1, 0.15) is 47.3 Å². The number of rotatable bonds is 12. The van der Waals surface area contributed by atoms with Crippen LogP contribution >= 0.6 is 0 Å². The molecule has 1 unspecified atom stereocenters. The van der Waals surface area contributed by atoms with Gasteiger partial charge < -0.3 is 26.1 Å². The first-order chi connectivity index (χ1) is 18.8. The Morgan fingerprint density at radius 2 is 1.50 bits per heavy atom. The predicted molar refractivity (Wildman–Crippen MR) is 139 cm³/mol. The molecule has 12 nitrogen and oxygen atoms in total. The number of halogens is 3. The van der Waals surface area contributed by atoms with E-state index >= 15 is 0 Å². The largest absolute Gasteiger partial charge is 2.00 e. The molecule has 2 atom stereocenters. The molecule has 0 saturated heterocycles. The third-order valence-electron chi connectivity index (χ3n) is 6.54. The van der Waals surface area contributed by atoms with Crippen LogP contribution in [0.3, 0.4) is 0 Å². The van der Waals surface area contributed by atoms with Crippen LogP contribution in [-0.4, -0.2) is 85.6 Å². The zero-order chi connectivity index (χ0) is 29.4. The van der Waals surface area contributed by atoms with E-state index in [1.165, 1.54) is 4.90 Å². The fourth-order valence-corrected chi connectivity index (χ4v) is 4.94. The van der Waals surface area contributed by atoms with Gasteiger partial charge in [-0.3, -0.25) is 29.2 Å². The first-order valence-corrected chi connectivity index (χ1v) is 12.4. The molecule has 16 heteroatoms. The Labute approximate surface area is 249 Å². The van der Waals surface area contributed by atoms with Crippen molar-refractivity contribution < 1.29 is 70.2 Å². The maximum atomic E-state index is 13.3. The number of nitrogens with one attached hydrogen (secondary N) is 1. The number of carboxylic acids is 3. The number of anilines is 1. The topological polar surface area (TPSA) is 193 Å². The zero-order valence-electron chi connectivity index (χ0n) is 22.2. The quantitative estimate of drug-likeness (QED) is 0.197. The van der Waals surface area contributed by atoms with Crippen LogP contribution in [0, 0.1) is 0 Å². The Kier molecular flexibility index (Phi) is 14.0. The van der Waals surface area contributed by atoms with Crippen molar-refractivity contribution in [2.24, 2.45) is 0 Å². The fourth-order valence-electron chi connectivity index (χ4n) is 4.94. The van der Waals surface area contributed by atoms with Gasteiger partial charge in [0.05, 0.1) is 36.5 Å². The zero-order valence-corrected chi connectivity index (χ0v) is 23.3. The number of hydrogen-bond acceptors (Lipinski definition) is 7. The van der Waals surface area contributed by atoms with Gasteiger partial charge in [-0.1, -0.05) is 18.9 Å². The Morgan fingerprint density at radius 3 is 2.02 bits per heavy atom. The summed E-state index contributed by atoms with van der Waals surface area (Å²) in [4.78, 5) is 55.0. The van der Waals surface area contributed by atoms with Gasteiger partial charge in [0, 0.05) is 30.5 Å². The van der Waals surface area contributed by atoms with Crippen molar-refractivity contribution in [1.29, 1.82) is 0 Å². The molecule has 1 aromatic heterocycles. The maximum Gasteiger partial charge on any atom is 2.00 e. The second-order valence-corrected chi connectivity index (χ2v) is 9.49. The summed E-state index contributed by atoms with van der Waals surface area (Å²) < 4.78 is 39.8.